The Kier molecular flexibility index (Phi) is 10.4. The third-order valence-electron chi connectivity index (χ3n) is 5.01. The fourth-order valence-electron chi connectivity index (χ4n) is 3.29. The normalized spacial score (nSPS) is 11.4. The molecule has 0 aliphatic heterocycles. The van der Waals surface area contributed by atoms with Crippen molar-refractivity contribution in [2.24, 2.45) is 0 Å². The Morgan fingerprint density at radius 1 is 1.03 bits per heavy atom. The minimum absolute atomic E-state index is 0.695. The SMILES string of the molecule is CN(C)c1ccc(-c2nc3ccc(OCCCN(CCS)CCNCCS)cc3s2)cn1. The zero-order valence-electron chi connectivity index (χ0n) is 18.8. The van der Waals surface area contributed by atoms with Gasteiger partial charge in [-0.25, -0.2) is 9.97 Å². The lowest BCUT2D eigenvalue weighted by molar-refractivity contribution is 0.243. The van der Waals surface area contributed by atoms with Crippen molar-refractivity contribution in [3.05, 3.63) is 36.5 Å². The maximum Gasteiger partial charge on any atom is 0.127 e. The van der Waals surface area contributed by atoms with Crippen LogP contribution < -0.4 is 15.0 Å². The van der Waals surface area contributed by atoms with Crippen LogP contribution in [-0.4, -0.2) is 79.8 Å². The summed E-state index contributed by atoms with van der Waals surface area (Å²) in [5, 5.41) is 4.37. The van der Waals surface area contributed by atoms with E-state index in [4.69, 9.17) is 9.72 Å². The second kappa shape index (κ2) is 13.3. The van der Waals surface area contributed by atoms with Crippen LogP contribution in [0.4, 0.5) is 5.82 Å². The van der Waals surface area contributed by atoms with Gasteiger partial charge in [-0.15, -0.1) is 11.3 Å². The molecule has 2 heterocycles. The molecular weight excluding hydrogens is 458 g/mol. The van der Waals surface area contributed by atoms with Gasteiger partial charge in [-0.05, 0) is 36.8 Å². The Balaban J connectivity index is 1.52. The molecule has 0 fully saturated rings. The number of nitrogens with one attached hydrogen (secondary N) is 1. The van der Waals surface area contributed by atoms with Crippen LogP contribution in [0.5, 0.6) is 5.75 Å². The van der Waals surface area contributed by atoms with Gasteiger partial charge in [0.1, 0.15) is 16.6 Å². The van der Waals surface area contributed by atoms with Crippen LogP contribution in [0.2, 0.25) is 0 Å². The molecule has 0 bridgehead atoms. The summed E-state index contributed by atoms with van der Waals surface area (Å²) in [6.45, 7) is 5.64. The molecule has 2 aromatic heterocycles. The number of fused-ring (bicyclic) bond motifs is 1. The number of ether oxygens (including phenoxy) is 1. The Hall–Kier alpha value is -1.52. The van der Waals surface area contributed by atoms with Gasteiger partial charge >= 0.3 is 0 Å². The molecule has 174 valence electrons. The molecule has 0 unspecified atom stereocenters. The van der Waals surface area contributed by atoms with Crippen LogP contribution in [0.25, 0.3) is 20.8 Å². The molecule has 1 N–H and O–H groups in total. The van der Waals surface area contributed by atoms with Crippen LogP contribution in [0, 0.1) is 0 Å². The van der Waals surface area contributed by atoms with Crippen LogP contribution in [0.15, 0.2) is 36.5 Å². The number of nitrogens with zero attached hydrogens (tertiary/aromatic N) is 4. The lowest BCUT2D eigenvalue weighted by Gasteiger charge is -2.21. The molecule has 0 radical (unpaired) electrons. The predicted octanol–water partition coefficient (Wildman–Crippen LogP) is 3.94. The molecule has 0 amide bonds. The highest BCUT2D eigenvalue weighted by Crippen LogP contribution is 2.32. The second-order valence-electron chi connectivity index (χ2n) is 7.69. The average Bonchev–Trinajstić information content (AvgIpc) is 3.23. The minimum Gasteiger partial charge on any atom is -0.493 e. The summed E-state index contributed by atoms with van der Waals surface area (Å²) in [6.07, 6.45) is 2.87. The topological polar surface area (TPSA) is 53.5 Å². The molecular formula is C23H33N5OS3. The lowest BCUT2D eigenvalue weighted by atomic mass is 10.3. The zero-order chi connectivity index (χ0) is 22.8. The number of aromatic nitrogens is 2. The minimum atomic E-state index is 0.695. The fraction of sp³-hybridized carbons (Fsp3) is 0.478. The van der Waals surface area contributed by atoms with Gasteiger partial charge in [0.15, 0.2) is 0 Å². The Labute approximate surface area is 206 Å². The van der Waals surface area contributed by atoms with Gasteiger partial charge in [0.2, 0.25) is 0 Å². The van der Waals surface area contributed by atoms with Crippen molar-refractivity contribution < 1.29 is 4.74 Å². The molecule has 0 saturated heterocycles. The maximum absolute atomic E-state index is 6.03. The van der Waals surface area contributed by atoms with Crippen molar-refractivity contribution in [2.75, 3.05) is 69.8 Å². The van der Waals surface area contributed by atoms with Gasteiger partial charge in [-0.3, -0.25) is 0 Å². The molecule has 3 aromatic rings. The van der Waals surface area contributed by atoms with Crippen LogP contribution in [0.1, 0.15) is 6.42 Å². The number of thiol groups is 2. The quantitative estimate of drug-likeness (QED) is 0.235. The van der Waals surface area contributed by atoms with E-state index in [1.165, 1.54) is 0 Å². The van der Waals surface area contributed by atoms with Crippen molar-refractivity contribution in [3.8, 4) is 16.3 Å². The van der Waals surface area contributed by atoms with Crippen LogP contribution in [-0.2, 0) is 0 Å². The van der Waals surface area contributed by atoms with Crippen molar-refractivity contribution in [3.63, 3.8) is 0 Å². The first kappa shape index (κ1) is 25.1. The number of pyridine rings is 1. The van der Waals surface area contributed by atoms with E-state index in [-0.39, 0.29) is 0 Å². The van der Waals surface area contributed by atoms with Crippen molar-refractivity contribution in [1.82, 2.24) is 20.2 Å². The van der Waals surface area contributed by atoms with E-state index in [0.29, 0.717) is 6.61 Å². The molecule has 0 saturated carbocycles. The molecule has 6 nitrogen and oxygen atoms in total. The van der Waals surface area contributed by atoms with E-state index in [1.54, 1.807) is 11.3 Å². The van der Waals surface area contributed by atoms with E-state index in [9.17, 15) is 0 Å². The molecule has 0 aliphatic carbocycles. The number of anilines is 1. The largest absolute Gasteiger partial charge is 0.493 e. The summed E-state index contributed by atoms with van der Waals surface area (Å²) in [5.41, 5.74) is 2.02. The van der Waals surface area contributed by atoms with Gasteiger partial charge < -0.3 is 19.9 Å². The van der Waals surface area contributed by atoms with Crippen LogP contribution in [0.3, 0.4) is 0 Å². The first-order valence-corrected chi connectivity index (χ1v) is 13.0. The van der Waals surface area contributed by atoms with Crippen molar-refractivity contribution >= 4 is 52.6 Å². The Morgan fingerprint density at radius 3 is 2.62 bits per heavy atom. The number of hydrogen-bond donors (Lipinski definition) is 3. The molecule has 3 rings (SSSR count). The molecule has 9 heteroatoms. The van der Waals surface area contributed by atoms with Gasteiger partial charge in [-0.1, -0.05) is 0 Å². The summed E-state index contributed by atoms with van der Waals surface area (Å²) in [7, 11) is 3.98. The predicted molar refractivity (Wildman–Crippen MR) is 144 cm³/mol. The third-order valence-corrected chi connectivity index (χ3v) is 6.50. The third kappa shape index (κ3) is 7.52. The van der Waals surface area contributed by atoms with Gasteiger partial charge in [0, 0.05) is 70.1 Å². The number of benzene rings is 1. The summed E-state index contributed by atoms with van der Waals surface area (Å²) in [4.78, 5) is 13.7. The molecule has 0 aliphatic rings. The van der Waals surface area contributed by atoms with E-state index >= 15 is 0 Å². The highest BCUT2D eigenvalue weighted by molar-refractivity contribution is 7.80. The van der Waals surface area contributed by atoms with Gasteiger partial charge in [0.05, 0.1) is 16.8 Å². The Bertz CT molecular complexity index is 948. The first-order chi connectivity index (χ1) is 15.6. The maximum atomic E-state index is 6.03. The van der Waals surface area contributed by atoms with E-state index in [0.717, 1.165) is 83.0 Å². The van der Waals surface area contributed by atoms with Crippen molar-refractivity contribution in [1.29, 1.82) is 0 Å². The summed E-state index contributed by atoms with van der Waals surface area (Å²) < 4.78 is 7.16. The number of hydrogen-bond acceptors (Lipinski definition) is 9. The van der Waals surface area contributed by atoms with E-state index < -0.39 is 0 Å². The second-order valence-corrected chi connectivity index (χ2v) is 9.61. The smallest absolute Gasteiger partial charge is 0.127 e. The summed E-state index contributed by atoms with van der Waals surface area (Å²) in [5.74, 6) is 3.56. The van der Waals surface area contributed by atoms with E-state index in [1.807, 2.05) is 43.4 Å². The van der Waals surface area contributed by atoms with Gasteiger partial charge in [-0.2, -0.15) is 25.3 Å². The first-order valence-electron chi connectivity index (χ1n) is 10.9. The molecule has 32 heavy (non-hydrogen) atoms. The highest BCUT2D eigenvalue weighted by Gasteiger charge is 2.09. The molecule has 0 spiro atoms. The average molecular weight is 492 g/mol. The highest BCUT2D eigenvalue weighted by atomic mass is 32.1. The van der Waals surface area contributed by atoms with Gasteiger partial charge in [0.25, 0.3) is 0 Å². The molecule has 1 aromatic carbocycles. The lowest BCUT2D eigenvalue weighted by Crippen LogP contribution is -2.35. The number of thiazole rings is 1. The summed E-state index contributed by atoms with van der Waals surface area (Å²) in [6, 6.07) is 10.2. The van der Waals surface area contributed by atoms with E-state index in [2.05, 4.69) is 52.6 Å². The van der Waals surface area contributed by atoms with Crippen molar-refractivity contribution in [2.45, 2.75) is 6.42 Å². The fourth-order valence-corrected chi connectivity index (χ4v) is 4.72. The molecule has 0 atom stereocenters. The number of rotatable bonds is 14. The zero-order valence-corrected chi connectivity index (χ0v) is 21.4. The Morgan fingerprint density at radius 2 is 1.91 bits per heavy atom. The van der Waals surface area contributed by atoms with Crippen LogP contribution >= 0.6 is 36.6 Å². The standard InChI is InChI=1S/C23H33N5OS3/c1-27(2)22-7-4-18(17-25-22)23-26-20-6-5-19(16-21(20)32-23)29-13-3-10-28(12-15-31)11-8-24-9-14-30/h4-7,16-17,24,30-31H,3,8-15H2,1-2H3. The monoisotopic (exact) mass is 491 g/mol. The summed E-state index contributed by atoms with van der Waals surface area (Å²) >= 11 is 10.3.